The zero-order chi connectivity index (χ0) is 28.0. The summed E-state index contributed by atoms with van der Waals surface area (Å²) in [6, 6.07) is 11.4. The summed E-state index contributed by atoms with van der Waals surface area (Å²) in [7, 11) is 0. The third-order valence-corrected chi connectivity index (χ3v) is 7.90. The molecule has 3 aromatic rings. The molecule has 6 rings (SSSR count). The van der Waals surface area contributed by atoms with Crippen LogP contribution in [0.5, 0.6) is 5.75 Å². The Morgan fingerprint density at radius 1 is 1.12 bits per heavy atom. The number of hydrazine groups is 1. The predicted molar refractivity (Wildman–Crippen MR) is 146 cm³/mol. The van der Waals surface area contributed by atoms with E-state index in [4.69, 9.17) is 5.10 Å². The van der Waals surface area contributed by atoms with Crippen LogP contribution in [-0.4, -0.2) is 89.6 Å². The summed E-state index contributed by atoms with van der Waals surface area (Å²) in [5, 5.41) is 28.3. The van der Waals surface area contributed by atoms with Crippen LogP contribution >= 0.6 is 0 Å². The van der Waals surface area contributed by atoms with Gasteiger partial charge in [0.1, 0.15) is 18.0 Å². The second kappa shape index (κ2) is 10.3. The number of amides is 3. The molecule has 1 saturated carbocycles. The molecular formula is C29H32N6O5. The van der Waals surface area contributed by atoms with Gasteiger partial charge in [-0.25, -0.2) is 14.8 Å². The number of phenols is 1. The highest BCUT2D eigenvalue weighted by Gasteiger charge is 2.51. The highest BCUT2D eigenvalue weighted by molar-refractivity contribution is 5.91. The number of hydrogen-bond donors (Lipinski definition) is 2. The summed E-state index contributed by atoms with van der Waals surface area (Å²) < 4.78 is 1.97. The Labute approximate surface area is 231 Å². The molecule has 2 N–H and O–H groups in total. The van der Waals surface area contributed by atoms with Crippen molar-refractivity contribution in [3.05, 3.63) is 72.4 Å². The lowest BCUT2D eigenvalue weighted by Crippen LogP contribution is -2.75. The predicted octanol–water partition coefficient (Wildman–Crippen LogP) is 2.66. The quantitative estimate of drug-likeness (QED) is 0.418. The molecule has 11 heteroatoms. The highest BCUT2D eigenvalue weighted by atomic mass is 16.4. The van der Waals surface area contributed by atoms with Crippen LogP contribution in [0.15, 0.2) is 61.3 Å². The van der Waals surface area contributed by atoms with Crippen LogP contribution in [-0.2, 0) is 29.1 Å². The van der Waals surface area contributed by atoms with Crippen molar-refractivity contribution in [3.8, 4) is 5.75 Å². The number of fused-ring (bicyclic) bond motifs is 2. The minimum absolute atomic E-state index is 0.0236. The summed E-state index contributed by atoms with van der Waals surface area (Å²) >= 11 is 0. The molecule has 2 saturated heterocycles. The van der Waals surface area contributed by atoms with E-state index in [1.54, 1.807) is 23.1 Å². The van der Waals surface area contributed by atoms with Gasteiger partial charge in [-0.05, 0) is 42.0 Å². The van der Waals surface area contributed by atoms with Crippen molar-refractivity contribution in [3.63, 3.8) is 0 Å². The van der Waals surface area contributed by atoms with Gasteiger partial charge in [0, 0.05) is 37.6 Å². The number of benzene rings is 2. The summed E-state index contributed by atoms with van der Waals surface area (Å²) in [5.74, 6) is 0.188. The molecule has 208 valence electrons. The molecule has 1 aromatic heterocycles. The van der Waals surface area contributed by atoms with Gasteiger partial charge >= 0.3 is 6.09 Å². The molecule has 2 aliphatic heterocycles. The average molecular weight is 545 g/mol. The van der Waals surface area contributed by atoms with E-state index in [-0.39, 0.29) is 50.2 Å². The number of nitrogens with zero attached hydrogens (tertiary/aromatic N) is 6. The fourth-order valence-electron chi connectivity index (χ4n) is 5.83. The van der Waals surface area contributed by atoms with Crippen molar-refractivity contribution in [2.24, 2.45) is 5.92 Å². The molecule has 0 spiro atoms. The van der Waals surface area contributed by atoms with E-state index < -0.39 is 18.3 Å². The zero-order valence-electron chi connectivity index (χ0n) is 22.1. The van der Waals surface area contributed by atoms with Crippen molar-refractivity contribution >= 4 is 28.8 Å². The number of carboxylic acid groups (broad SMARTS) is 1. The number of carbonyl (C=O) groups is 3. The average Bonchev–Trinajstić information content (AvgIpc) is 3.63. The maximum absolute atomic E-state index is 14.0. The van der Waals surface area contributed by atoms with E-state index in [9.17, 15) is 24.6 Å². The van der Waals surface area contributed by atoms with E-state index in [0.717, 1.165) is 33.6 Å². The number of aromatic nitrogens is 2. The van der Waals surface area contributed by atoms with Gasteiger partial charge in [0.05, 0.1) is 18.6 Å². The third-order valence-electron chi connectivity index (χ3n) is 7.90. The molecular weight excluding hydrogens is 512 g/mol. The van der Waals surface area contributed by atoms with E-state index in [0.29, 0.717) is 5.92 Å². The van der Waals surface area contributed by atoms with Crippen LogP contribution < -0.4 is 0 Å². The molecule has 0 radical (unpaired) electrons. The number of aromatic hydroxyl groups is 1. The second-order valence-electron chi connectivity index (χ2n) is 10.8. The normalized spacial score (nSPS) is 21.6. The van der Waals surface area contributed by atoms with Gasteiger partial charge in [-0.2, -0.15) is 5.10 Å². The molecule has 11 nitrogen and oxygen atoms in total. The summed E-state index contributed by atoms with van der Waals surface area (Å²) in [5.41, 5.74) is 2.43. The molecule has 3 amide bonds. The standard InChI is InChI=1S/C29H32N6O5/c1-2-12-33-18-26(37)34-24(13-19-8-10-23(36)11-9-19)28(38)31(17-25(34)35(33)29(39)40)15-21-4-3-5-22-16-32(30-27(21)22)14-20-6-7-20/h2-5,8-11,16,20,24-25,36H,1,6-7,12-15,17-18H2,(H,39,40)/t24-,25-/m0/s1. The van der Waals surface area contributed by atoms with Gasteiger partial charge in [-0.15, -0.1) is 6.58 Å². The van der Waals surface area contributed by atoms with Gasteiger partial charge in [-0.3, -0.25) is 14.3 Å². The minimum Gasteiger partial charge on any atom is -0.508 e. The maximum atomic E-state index is 14.0. The SMILES string of the molecule is C=CCN1CC(=O)N2[C@@H](Cc3ccc(O)cc3)C(=O)N(Cc3cccc4cn(CC5CC5)nc34)C[C@@H]2N1C(=O)O. The lowest BCUT2D eigenvalue weighted by Gasteiger charge is -2.54. The van der Waals surface area contributed by atoms with Crippen molar-refractivity contribution in [1.29, 1.82) is 0 Å². The Hall–Kier alpha value is -4.38. The first kappa shape index (κ1) is 25.9. The van der Waals surface area contributed by atoms with Crippen molar-refractivity contribution in [2.45, 2.75) is 44.6 Å². The number of carbonyl (C=O) groups excluding carboxylic acids is 2. The number of hydrogen-bond acceptors (Lipinski definition) is 6. The molecule has 40 heavy (non-hydrogen) atoms. The van der Waals surface area contributed by atoms with Crippen LogP contribution in [0.2, 0.25) is 0 Å². The fraction of sp³-hybridized carbons (Fsp3) is 0.379. The minimum atomic E-state index is -1.21. The highest BCUT2D eigenvalue weighted by Crippen LogP contribution is 2.32. The molecule has 2 atom stereocenters. The van der Waals surface area contributed by atoms with Gasteiger partial charge in [0.2, 0.25) is 11.8 Å². The van der Waals surface area contributed by atoms with Crippen LogP contribution in [0.3, 0.4) is 0 Å². The Balaban J connectivity index is 1.36. The van der Waals surface area contributed by atoms with Gasteiger partial charge in [0.25, 0.3) is 0 Å². The first-order valence-corrected chi connectivity index (χ1v) is 13.5. The van der Waals surface area contributed by atoms with Crippen LogP contribution in [0, 0.1) is 5.92 Å². The van der Waals surface area contributed by atoms with E-state index in [2.05, 4.69) is 6.58 Å². The third kappa shape index (κ3) is 4.88. The van der Waals surface area contributed by atoms with Crippen molar-refractivity contribution < 1.29 is 24.6 Å². The Morgan fingerprint density at radius 2 is 1.90 bits per heavy atom. The van der Waals surface area contributed by atoms with Crippen LogP contribution in [0.4, 0.5) is 4.79 Å². The smallest absolute Gasteiger partial charge is 0.424 e. The van der Waals surface area contributed by atoms with Crippen LogP contribution in [0.25, 0.3) is 10.9 Å². The van der Waals surface area contributed by atoms with E-state index in [1.165, 1.54) is 34.9 Å². The number of phenolic OH excluding ortho intramolecular Hbond substituents is 1. The van der Waals surface area contributed by atoms with Crippen molar-refractivity contribution in [2.75, 3.05) is 19.6 Å². The molecule has 3 aliphatic rings. The molecule has 0 bridgehead atoms. The Kier molecular flexibility index (Phi) is 6.67. The summed E-state index contributed by atoms with van der Waals surface area (Å²) in [4.78, 5) is 43.0. The van der Waals surface area contributed by atoms with Crippen molar-refractivity contribution in [1.82, 2.24) is 29.6 Å². The topological polar surface area (TPSA) is 122 Å². The first-order valence-electron chi connectivity index (χ1n) is 13.5. The molecule has 3 fully saturated rings. The van der Waals surface area contributed by atoms with E-state index in [1.807, 2.05) is 29.1 Å². The summed E-state index contributed by atoms with van der Waals surface area (Å²) in [6.07, 6.45) is 4.10. The van der Waals surface area contributed by atoms with Gasteiger partial charge in [-0.1, -0.05) is 36.4 Å². The monoisotopic (exact) mass is 544 g/mol. The zero-order valence-corrected chi connectivity index (χ0v) is 22.1. The summed E-state index contributed by atoms with van der Waals surface area (Å²) in [6.45, 7) is 4.84. The van der Waals surface area contributed by atoms with Crippen LogP contribution in [0.1, 0.15) is 24.0 Å². The maximum Gasteiger partial charge on any atom is 0.424 e. The molecule has 0 unspecified atom stereocenters. The molecule has 1 aliphatic carbocycles. The lowest BCUT2D eigenvalue weighted by molar-refractivity contribution is -0.192. The lowest BCUT2D eigenvalue weighted by atomic mass is 9.98. The fourth-order valence-corrected chi connectivity index (χ4v) is 5.83. The molecule has 2 aromatic carbocycles. The first-order chi connectivity index (χ1) is 19.3. The Morgan fingerprint density at radius 3 is 2.60 bits per heavy atom. The number of rotatable bonds is 8. The Bertz CT molecular complexity index is 1470. The van der Waals surface area contributed by atoms with E-state index >= 15 is 0 Å². The van der Waals surface area contributed by atoms with Gasteiger partial charge < -0.3 is 20.0 Å². The second-order valence-corrected chi connectivity index (χ2v) is 10.8. The number of piperazine rings is 1. The van der Waals surface area contributed by atoms with Gasteiger partial charge in [0.15, 0.2) is 0 Å². The largest absolute Gasteiger partial charge is 0.508 e. The molecule has 3 heterocycles.